The molecule has 0 saturated carbocycles. The molecule has 1 fully saturated rings. The lowest BCUT2D eigenvalue weighted by Gasteiger charge is -2.14. The molecule has 0 aliphatic carbocycles. The summed E-state index contributed by atoms with van der Waals surface area (Å²) in [5.74, 6) is -1.88. The van der Waals surface area contributed by atoms with Crippen LogP contribution in [0.1, 0.15) is 16.8 Å². The highest BCUT2D eigenvalue weighted by Gasteiger charge is 2.38. The lowest BCUT2D eigenvalue weighted by molar-refractivity contribution is -0.255. The molecule has 1 aliphatic heterocycles. The molecule has 104 valence electrons. The standard InChI is InChI=1S/C14H13NO4S/c1-2-7-15-12(16)8-11(13(15)17)20-10-6-4-3-5-9(10)14(18)19/h2-6,11H,1,7-8H2,(H,18,19)/p-1/t11-/m0/s1. The molecule has 1 saturated heterocycles. The van der Waals surface area contributed by atoms with Crippen LogP contribution >= 0.6 is 11.8 Å². The molecular formula is C14H12NO4S-. The highest BCUT2D eigenvalue weighted by molar-refractivity contribution is 8.00. The number of benzene rings is 1. The first-order valence-electron chi connectivity index (χ1n) is 5.96. The van der Waals surface area contributed by atoms with E-state index in [0.717, 1.165) is 16.7 Å². The Hall–Kier alpha value is -2.08. The van der Waals surface area contributed by atoms with Crippen LogP contribution in [0.25, 0.3) is 0 Å². The van der Waals surface area contributed by atoms with Gasteiger partial charge in [0.25, 0.3) is 0 Å². The Morgan fingerprint density at radius 1 is 1.45 bits per heavy atom. The number of nitrogens with zero attached hydrogens (tertiary/aromatic N) is 1. The zero-order valence-corrected chi connectivity index (χ0v) is 11.4. The fourth-order valence-corrected chi connectivity index (χ4v) is 3.15. The molecule has 0 N–H and O–H groups in total. The maximum Gasteiger partial charge on any atom is 0.243 e. The maximum atomic E-state index is 12.1. The van der Waals surface area contributed by atoms with Crippen molar-refractivity contribution in [2.75, 3.05) is 6.54 Å². The van der Waals surface area contributed by atoms with Gasteiger partial charge in [0.2, 0.25) is 11.8 Å². The van der Waals surface area contributed by atoms with Crippen molar-refractivity contribution in [3.05, 3.63) is 42.5 Å². The van der Waals surface area contributed by atoms with Crippen molar-refractivity contribution in [1.82, 2.24) is 4.90 Å². The third kappa shape index (κ3) is 2.75. The molecule has 0 unspecified atom stereocenters. The molecular weight excluding hydrogens is 278 g/mol. The average Bonchev–Trinajstić information content (AvgIpc) is 2.67. The summed E-state index contributed by atoms with van der Waals surface area (Å²) in [5, 5.41) is 10.4. The lowest BCUT2D eigenvalue weighted by atomic mass is 10.2. The van der Waals surface area contributed by atoms with Gasteiger partial charge in [-0.1, -0.05) is 24.3 Å². The summed E-state index contributed by atoms with van der Waals surface area (Å²) >= 11 is 1.08. The predicted molar refractivity (Wildman–Crippen MR) is 72.0 cm³/mol. The van der Waals surface area contributed by atoms with E-state index >= 15 is 0 Å². The normalized spacial score (nSPS) is 18.4. The Morgan fingerprint density at radius 3 is 2.80 bits per heavy atom. The molecule has 2 rings (SSSR count). The lowest BCUT2D eigenvalue weighted by Crippen LogP contribution is -2.31. The molecule has 0 bridgehead atoms. The molecule has 1 heterocycles. The summed E-state index contributed by atoms with van der Waals surface area (Å²) in [6.07, 6.45) is 1.55. The van der Waals surface area contributed by atoms with Crippen LogP contribution in [0.4, 0.5) is 0 Å². The molecule has 2 amide bonds. The second kappa shape index (κ2) is 5.92. The number of hydrogen-bond donors (Lipinski definition) is 0. The van der Waals surface area contributed by atoms with E-state index in [9.17, 15) is 19.5 Å². The van der Waals surface area contributed by atoms with Gasteiger partial charge in [-0.3, -0.25) is 14.5 Å². The number of carbonyl (C=O) groups excluding carboxylic acids is 3. The maximum absolute atomic E-state index is 12.1. The van der Waals surface area contributed by atoms with Crippen LogP contribution < -0.4 is 5.11 Å². The van der Waals surface area contributed by atoms with E-state index in [1.165, 1.54) is 12.1 Å². The molecule has 5 nitrogen and oxygen atoms in total. The van der Waals surface area contributed by atoms with E-state index in [0.29, 0.717) is 4.90 Å². The number of amides is 2. The Labute approximate surface area is 120 Å². The highest BCUT2D eigenvalue weighted by Crippen LogP contribution is 2.33. The topological polar surface area (TPSA) is 77.5 Å². The number of carboxylic acid groups (broad SMARTS) is 1. The largest absolute Gasteiger partial charge is 0.545 e. The van der Waals surface area contributed by atoms with Crippen LogP contribution in [0.2, 0.25) is 0 Å². The summed E-state index contributed by atoms with van der Waals surface area (Å²) < 4.78 is 0. The molecule has 1 aliphatic rings. The number of thioether (sulfide) groups is 1. The fourth-order valence-electron chi connectivity index (χ4n) is 1.96. The summed E-state index contributed by atoms with van der Waals surface area (Å²) in [4.78, 5) is 36.3. The smallest absolute Gasteiger partial charge is 0.243 e. The number of imide groups is 1. The zero-order chi connectivity index (χ0) is 14.7. The molecule has 1 aromatic carbocycles. The van der Waals surface area contributed by atoms with Gasteiger partial charge in [-0.05, 0) is 6.07 Å². The van der Waals surface area contributed by atoms with Gasteiger partial charge in [0.1, 0.15) is 0 Å². The molecule has 1 atom stereocenters. The zero-order valence-electron chi connectivity index (χ0n) is 10.6. The fraction of sp³-hybridized carbons (Fsp3) is 0.214. The van der Waals surface area contributed by atoms with Gasteiger partial charge in [0.05, 0.1) is 11.2 Å². The van der Waals surface area contributed by atoms with Gasteiger partial charge < -0.3 is 9.90 Å². The first-order valence-corrected chi connectivity index (χ1v) is 6.84. The van der Waals surface area contributed by atoms with Crippen LogP contribution in [0.3, 0.4) is 0 Å². The van der Waals surface area contributed by atoms with E-state index in [4.69, 9.17) is 0 Å². The van der Waals surface area contributed by atoms with Gasteiger partial charge in [0.15, 0.2) is 0 Å². The van der Waals surface area contributed by atoms with Crippen molar-refractivity contribution in [3.8, 4) is 0 Å². The van der Waals surface area contributed by atoms with Gasteiger partial charge in [0, 0.05) is 23.4 Å². The number of carbonyl (C=O) groups is 3. The van der Waals surface area contributed by atoms with Crippen molar-refractivity contribution in [3.63, 3.8) is 0 Å². The Morgan fingerprint density at radius 2 is 2.15 bits per heavy atom. The first kappa shape index (κ1) is 14.3. The van der Waals surface area contributed by atoms with Gasteiger partial charge in [-0.15, -0.1) is 18.3 Å². The molecule has 0 radical (unpaired) electrons. The van der Waals surface area contributed by atoms with Crippen LogP contribution in [0.5, 0.6) is 0 Å². The molecule has 0 spiro atoms. The van der Waals surface area contributed by atoms with Crippen molar-refractivity contribution in [2.45, 2.75) is 16.6 Å². The Kier molecular flexibility index (Phi) is 4.24. The summed E-state index contributed by atoms with van der Waals surface area (Å²) in [5.41, 5.74) is 0.0277. The number of hydrogen-bond acceptors (Lipinski definition) is 5. The van der Waals surface area contributed by atoms with Crippen LogP contribution in [-0.4, -0.2) is 34.5 Å². The summed E-state index contributed by atoms with van der Waals surface area (Å²) in [6.45, 7) is 3.68. The van der Waals surface area contributed by atoms with E-state index in [1.807, 2.05) is 0 Å². The minimum absolute atomic E-state index is 0.0277. The molecule has 0 aromatic heterocycles. The molecule has 6 heteroatoms. The second-order valence-corrected chi connectivity index (χ2v) is 5.47. The van der Waals surface area contributed by atoms with Crippen molar-refractivity contribution in [2.24, 2.45) is 0 Å². The number of likely N-dealkylation sites (tertiary alicyclic amines) is 1. The Bertz CT molecular complexity index is 584. The van der Waals surface area contributed by atoms with Crippen molar-refractivity contribution >= 4 is 29.5 Å². The quantitative estimate of drug-likeness (QED) is 0.581. The van der Waals surface area contributed by atoms with Gasteiger partial charge in [-0.25, -0.2) is 0 Å². The van der Waals surface area contributed by atoms with Crippen molar-refractivity contribution in [1.29, 1.82) is 0 Å². The average molecular weight is 290 g/mol. The minimum Gasteiger partial charge on any atom is -0.545 e. The van der Waals surface area contributed by atoms with Crippen LogP contribution in [0.15, 0.2) is 41.8 Å². The number of carboxylic acids is 1. The number of rotatable bonds is 5. The van der Waals surface area contributed by atoms with Crippen molar-refractivity contribution < 1.29 is 19.5 Å². The SMILES string of the molecule is C=CCN1C(=O)C[C@H](Sc2ccccc2C(=O)[O-])C1=O. The van der Waals surface area contributed by atoms with E-state index < -0.39 is 11.2 Å². The summed E-state index contributed by atoms with van der Waals surface area (Å²) in [6, 6.07) is 6.28. The number of aromatic carboxylic acids is 1. The first-order chi connectivity index (χ1) is 9.54. The third-order valence-corrected chi connectivity index (χ3v) is 4.15. The van der Waals surface area contributed by atoms with Crippen LogP contribution in [0, 0.1) is 0 Å². The second-order valence-electron chi connectivity index (χ2n) is 4.23. The van der Waals surface area contributed by atoms with Gasteiger partial charge in [-0.2, -0.15) is 0 Å². The van der Waals surface area contributed by atoms with Gasteiger partial charge >= 0.3 is 0 Å². The predicted octanol–water partition coefficient (Wildman–Crippen LogP) is 0.456. The molecule has 20 heavy (non-hydrogen) atoms. The van der Waals surface area contributed by atoms with E-state index in [-0.39, 0.29) is 30.3 Å². The highest BCUT2D eigenvalue weighted by atomic mass is 32.2. The summed E-state index contributed by atoms with van der Waals surface area (Å²) in [7, 11) is 0. The van der Waals surface area contributed by atoms with Crippen LogP contribution in [-0.2, 0) is 9.59 Å². The van der Waals surface area contributed by atoms with E-state index in [2.05, 4.69) is 6.58 Å². The van der Waals surface area contributed by atoms with E-state index in [1.54, 1.807) is 18.2 Å². The third-order valence-electron chi connectivity index (χ3n) is 2.89. The molecule has 1 aromatic rings. The minimum atomic E-state index is -1.30. The Balaban J connectivity index is 2.19. The monoisotopic (exact) mass is 290 g/mol.